The smallest absolute Gasteiger partial charge is 0.315 e. The highest BCUT2D eigenvalue weighted by Crippen LogP contribution is 2.51. The van der Waals surface area contributed by atoms with Gasteiger partial charge in [0.15, 0.2) is 0 Å². The summed E-state index contributed by atoms with van der Waals surface area (Å²) in [6, 6.07) is 0. The first-order chi connectivity index (χ1) is 5.56. The summed E-state index contributed by atoms with van der Waals surface area (Å²) < 4.78 is 0. The molecule has 2 N–H and O–H groups in total. The first-order valence-electron chi connectivity index (χ1n) is 4.61. The van der Waals surface area contributed by atoms with E-state index in [0.29, 0.717) is 11.8 Å². The van der Waals surface area contributed by atoms with E-state index in [9.17, 15) is 4.79 Å². The first kappa shape index (κ1) is 8.05. The van der Waals surface area contributed by atoms with E-state index in [2.05, 4.69) is 14.0 Å². The molecule has 1 aliphatic carbocycles. The van der Waals surface area contributed by atoms with Crippen LogP contribution in [0.4, 0.5) is 0 Å². The highest BCUT2D eigenvalue weighted by atomic mass is 16.4. The molecule has 1 heterocycles. The second-order valence-corrected chi connectivity index (χ2v) is 4.59. The third-order valence-electron chi connectivity index (χ3n) is 3.69. The first-order valence-corrected chi connectivity index (χ1v) is 4.61. The average Bonchev–Trinajstić information content (AvgIpc) is 2.24. The Morgan fingerprint density at radius 3 is 2.75 bits per heavy atom. The van der Waals surface area contributed by atoms with Crippen molar-refractivity contribution in [3.05, 3.63) is 0 Å². The van der Waals surface area contributed by atoms with Gasteiger partial charge in [-0.2, -0.15) is 0 Å². The molecule has 1 saturated carbocycles. The van der Waals surface area contributed by atoms with Gasteiger partial charge in [-0.3, -0.25) is 4.79 Å². The lowest BCUT2D eigenvalue weighted by Gasteiger charge is -2.43. The van der Waals surface area contributed by atoms with Crippen LogP contribution in [-0.4, -0.2) is 31.2 Å². The highest BCUT2D eigenvalue weighted by molar-refractivity contribution is 5.77. The molecule has 0 bridgehead atoms. The monoisotopic (exact) mass is 170 g/mol. The van der Waals surface area contributed by atoms with Crippen molar-refractivity contribution in [1.29, 1.82) is 0 Å². The molecule has 68 valence electrons. The molecule has 12 heavy (non-hydrogen) atoms. The molecule has 2 rings (SSSR count). The number of fused-ring (bicyclic) bond motifs is 1. The molecule has 0 aromatic rings. The molecule has 0 aromatic carbocycles. The van der Waals surface area contributed by atoms with Crippen LogP contribution in [0.1, 0.15) is 13.3 Å². The van der Waals surface area contributed by atoms with Gasteiger partial charge in [-0.05, 0) is 12.3 Å². The summed E-state index contributed by atoms with van der Waals surface area (Å²) in [4.78, 5) is 12.4. The second kappa shape index (κ2) is 2.22. The number of aliphatic carboxylic acids is 1. The van der Waals surface area contributed by atoms with Gasteiger partial charge >= 0.3 is 5.97 Å². The second-order valence-electron chi connectivity index (χ2n) is 4.59. The lowest BCUT2D eigenvalue weighted by Crippen LogP contribution is -3.07. The van der Waals surface area contributed by atoms with Crippen LogP contribution in [0.25, 0.3) is 0 Å². The quantitative estimate of drug-likeness (QED) is 0.543. The summed E-state index contributed by atoms with van der Waals surface area (Å²) in [6.45, 7) is 4.05. The maximum absolute atomic E-state index is 11.1. The molecule has 3 heteroatoms. The van der Waals surface area contributed by atoms with Crippen molar-refractivity contribution in [3.63, 3.8) is 0 Å². The minimum absolute atomic E-state index is 0.344. The van der Waals surface area contributed by atoms with Crippen molar-refractivity contribution in [1.82, 2.24) is 0 Å². The topological polar surface area (TPSA) is 41.7 Å². The van der Waals surface area contributed by atoms with Gasteiger partial charge in [0.25, 0.3) is 0 Å². The number of carbonyl (C=O) groups is 1. The molecule has 0 aromatic heterocycles. The fourth-order valence-corrected chi connectivity index (χ4v) is 3.16. The maximum Gasteiger partial charge on any atom is 0.315 e. The molecule has 2 aliphatic rings. The van der Waals surface area contributed by atoms with Crippen LogP contribution in [0, 0.1) is 17.3 Å². The maximum atomic E-state index is 11.1. The molecule has 0 amide bonds. The van der Waals surface area contributed by atoms with E-state index in [1.807, 2.05) is 0 Å². The number of hydrogen-bond donors (Lipinski definition) is 2. The Morgan fingerprint density at radius 2 is 2.33 bits per heavy atom. The van der Waals surface area contributed by atoms with Crippen LogP contribution in [0.2, 0.25) is 0 Å². The van der Waals surface area contributed by atoms with Crippen LogP contribution in [-0.2, 0) is 4.79 Å². The predicted molar refractivity (Wildman–Crippen MR) is 44.0 cm³/mol. The molecular weight excluding hydrogens is 154 g/mol. The number of rotatable bonds is 1. The Bertz CT molecular complexity index is 229. The summed E-state index contributed by atoms with van der Waals surface area (Å²) in [6.07, 6.45) is 0.893. The van der Waals surface area contributed by atoms with Crippen LogP contribution < -0.4 is 4.90 Å². The van der Waals surface area contributed by atoms with Crippen molar-refractivity contribution in [3.8, 4) is 0 Å². The van der Waals surface area contributed by atoms with Crippen molar-refractivity contribution in [2.75, 3.05) is 20.1 Å². The number of carboxylic acid groups (broad SMARTS) is 1. The van der Waals surface area contributed by atoms with E-state index in [1.165, 1.54) is 4.90 Å². The van der Waals surface area contributed by atoms with Gasteiger partial charge in [-0.15, -0.1) is 0 Å². The van der Waals surface area contributed by atoms with Gasteiger partial charge in [0.2, 0.25) is 0 Å². The lowest BCUT2D eigenvalue weighted by atomic mass is 9.56. The zero-order valence-electron chi connectivity index (χ0n) is 7.63. The Morgan fingerprint density at radius 1 is 1.67 bits per heavy atom. The van der Waals surface area contributed by atoms with E-state index < -0.39 is 5.97 Å². The van der Waals surface area contributed by atoms with E-state index in [1.54, 1.807) is 0 Å². The zero-order chi connectivity index (χ0) is 8.93. The Balaban J connectivity index is 2.22. The zero-order valence-corrected chi connectivity index (χ0v) is 7.63. The van der Waals surface area contributed by atoms with Gasteiger partial charge in [0, 0.05) is 5.92 Å². The van der Waals surface area contributed by atoms with Crippen molar-refractivity contribution in [2.45, 2.75) is 13.3 Å². The van der Waals surface area contributed by atoms with E-state index in [0.717, 1.165) is 19.5 Å². The minimum atomic E-state index is -0.567. The molecule has 4 atom stereocenters. The number of nitrogens with one attached hydrogen (secondary N) is 1. The van der Waals surface area contributed by atoms with Crippen molar-refractivity contribution >= 4 is 5.97 Å². The molecular formula is C9H16NO2+. The third-order valence-corrected chi connectivity index (χ3v) is 3.69. The van der Waals surface area contributed by atoms with Gasteiger partial charge < -0.3 is 10.0 Å². The van der Waals surface area contributed by atoms with Crippen LogP contribution >= 0.6 is 0 Å². The molecule has 3 unspecified atom stereocenters. The molecule has 0 spiro atoms. The van der Waals surface area contributed by atoms with Crippen molar-refractivity contribution in [2.24, 2.45) is 17.3 Å². The number of quaternary nitrogens is 1. The molecule has 3 nitrogen and oxygen atoms in total. The fourth-order valence-electron chi connectivity index (χ4n) is 3.16. The number of likely N-dealkylation sites (tertiary alicyclic amines) is 1. The summed E-state index contributed by atoms with van der Waals surface area (Å²) in [5, 5.41) is 9.12. The molecule has 1 saturated heterocycles. The Labute approximate surface area is 72.4 Å². The molecule has 1 aliphatic heterocycles. The lowest BCUT2D eigenvalue weighted by molar-refractivity contribution is -0.869. The number of carboxylic acids is 1. The largest absolute Gasteiger partial charge is 0.481 e. The van der Waals surface area contributed by atoms with Crippen LogP contribution in [0.5, 0.6) is 0 Å². The summed E-state index contributed by atoms with van der Waals surface area (Å²) >= 11 is 0. The van der Waals surface area contributed by atoms with Crippen molar-refractivity contribution < 1.29 is 14.8 Å². The minimum Gasteiger partial charge on any atom is -0.481 e. The molecule has 0 radical (unpaired) electrons. The van der Waals surface area contributed by atoms with Crippen LogP contribution in [0.3, 0.4) is 0 Å². The van der Waals surface area contributed by atoms with Gasteiger partial charge in [-0.1, -0.05) is 6.92 Å². The fraction of sp³-hybridized carbons (Fsp3) is 0.889. The summed E-state index contributed by atoms with van der Waals surface area (Å²) in [7, 11) is 2.09. The summed E-state index contributed by atoms with van der Waals surface area (Å²) in [5.74, 6) is 0.496. The molecule has 2 fully saturated rings. The SMILES string of the molecule is C[C@@H]1CC2(C(=O)O)C[NH+](C)CC12. The summed E-state index contributed by atoms with van der Waals surface area (Å²) in [5.41, 5.74) is -0.344. The van der Waals surface area contributed by atoms with E-state index in [4.69, 9.17) is 5.11 Å². The van der Waals surface area contributed by atoms with Gasteiger partial charge in [0.1, 0.15) is 5.41 Å². The van der Waals surface area contributed by atoms with Crippen LogP contribution in [0.15, 0.2) is 0 Å². The Kier molecular flexibility index (Phi) is 1.49. The highest BCUT2D eigenvalue weighted by Gasteiger charge is 2.64. The predicted octanol–water partition coefficient (Wildman–Crippen LogP) is -0.758. The van der Waals surface area contributed by atoms with Gasteiger partial charge in [0.05, 0.1) is 20.1 Å². The van der Waals surface area contributed by atoms with E-state index >= 15 is 0 Å². The van der Waals surface area contributed by atoms with Gasteiger partial charge in [-0.25, -0.2) is 0 Å². The normalized spacial score (nSPS) is 51.3. The van der Waals surface area contributed by atoms with E-state index in [-0.39, 0.29) is 5.41 Å². The standard InChI is InChI=1S/C9H15NO2/c1-6-3-9(8(11)12)5-10(2)4-7(6)9/h6-7H,3-5H2,1-2H3,(H,11,12)/p+1/t6-,7?,9?/m1/s1. The third kappa shape index (κ3) is 0.774. The average molecular weight is 170 g/mol. The Hall–Kier alpha value is -0.570. The number of hydrogen-bond acceptors (Lipinski definition) is 1.